The van der Waals surface area contributed by atoms with Crippen LogP contribution in [0, 0.1) is 6.92 Å². The molecule has 0 spiro atoms. The molecular weight excluding hydrogens is 340 g/mol. The lowest BCUT2D eigenvalue weighted by molar-refractivity contribution is -0.129. The predicted octanol–water partition coefficient (Wildman–Crippen LogP) is 0.827. The van der Waals surface area contributed by atoms with Crippen LogP contribution < -0.4 is 0 Å². The lowest BCUT2D eigenvalue weighted by Crippen LogP contribution is -2.46. The fraction of sp³-hybridized carbons (Fsp3) is 0.706. The second-order valence-electron chi connectivity index (χ2n) is 6.37. The number of hydrogen-bond donors (Lipinski definition) is 0. The largest absolute Gasteiger partial charge is 0.379 e. The summed E-state index contributed by atoms with van der Waals surface area (Å²) < 4.78 is 11.4. The number of morpholine rings is 1. The molecule has 2 aliphatic rings. The molecule has 0 aromatic carbocycles. The van der Waals surface area contributed by atoms with Crippen molar-refractivity contribution in [1.82, 2.24) is 19.8 Å². The average Bonchev–Trinajstić information content (AvgIpc) is 2.86. The number of carbonyl (C=O) groups excluding carboxylic acids is 1. The van der Waals surface area contributed by atoms with E-state index in [4.69, 9.17) is 9.47 Å². The molecular formula is C17H26N4O3S. The second kappa shape index (κ2) is 9.47. The second-order valence-corrected chi connectivity index (χ2v) is 7.31. The number of thioether (sulfide) groups is 1. The highest BCUT2D eigenvalue weighted by molar-refractivity contribution is 7.99. The van der Waals surface area contributed by atoms with Crippen LogP contribution in [0.3, 0.4) is 0 Å². The molecule has 0 N–H and O–H groups in total. The molecule has 0 bridgehead atoms. The summed E-state index contributed by atoms with van der Waals surface area (Å²) >= 11 is 1.40. The van der Waals surface area contributed by atoms with Gasteiger partial charge >= 0.3 is 0 Å². The Kier molecular flexibility index (Phi) is 7.03. The Bertz CT molecular complexity index is 569. The third-order valence-electron chi connectivity index (χ3n) is 4.37. The molecule has 1 aromatic heterocycles. The van der Waals surface area contributed by atoms with Gasteiger partial charge in [0.1, 0.15) is 0 Å². The van der Waals surface area contributed by atoms with Crippen LogP contribution in [-0.4, -0.2) is 90.1 Å². The van der Waals surface area contributed by atoms with E-state index in [2.05, 4.69) is 14.9 Å². The Morgan fingerprint density at radius 2 is 2.16 bits per heavy atom. The minimum atomic E-state index is 0.0739. The minimum Gasteiger partial charge on any atom is -0.379 e. The van der Waals surface area contributed by atoms with Crippen molar-refractivity contribution in [3.05, 3.63) is 18.0 Å². The molecule has 8 heteroatoms. The van der Waals surface area contributed by atoms with Gasteiger partial charge in [0, 0.05) is 51.2 Å². The van der Waals surface area contributed by atoms with Crippen LogP contribution in [0.15, 0.2) is 17.4 Å². The molecule has 0 unspecified atom stereocenters. The first-order valence-electron chi connectivity index (χ1n) is 8.82. The van der Waals surface area contributed by atoms with Crippen molar-refractivity contribution in [3.63, 3.8) is 0 Å². The summed E-state index contributed by atoms with van der Waals surface area (Å²) in [5.41, 5.74) is 0.915. The molecule has 0 radical (unpaired) electrons. The predicted molar refractivity (Wildman–Crippen MR) is 95.7 cm³/mol. The number of ether oxygens (including phenoxy) is 2. The van der Waals surface area contributed by atoms with Crippen LogP contribution >= 0.6 is 11.8 Å². The van der Waals surface area contributed by atoms with Crippen molar-refractivity contribution >= 4 is 17.7 Å². The number of aromatic nitrogens is 2. The molecule has 1 atom stereocenters. The highest BCUT2D eigenvalue weighted by Gasteiger charge is 2.25. The van der Waals surface area contributed by atoms with Crippen molar-refractivity contribution in [1.29, 1.82) is 0 Å². The van der Waals surface area contributed by atoms with Crippen LogP contribution in [-0.2, 0) is 14.3 Å². The quantitative estimate of drug-likeness (QED) is 0.565. The van der Waals surface area contributed by atoms with E-state index in [0.29, 0.717) is 24.1 Å². The maximum atomic E-state index is 12.6. The average molecular weight is 366 g/mol. The Hall–Kier alpha value is -1.22. The molecule has 1 amide bonds. The summed E-state index contributed by atoms with van der Waals surface area (Å²) in [6.07, 6.45) is 2.69. The molecule has 2 saturated heterocycles. The fourth-order valence-electron chi connectivity index (χ4n) is 3.02. The van der Waals surface area contributed by atoms with Crippen LogP contribution in [0.5, 0.6) is 0 Å². The SMILES string of the molecule is Cc1ccnc(SCC(=O)N2CCCO[C@H](CN3CCOCC3)C2)n1. The van der Waals surface area contributed by atoms with E-state index in [1.165, 1.54) is 11.8 Å². The van der Waals surface area contributed by atoms with Gasteiger partial charge in [-0.25, -0.2) is 9.97 Å². The number of rotatable bonds is 5. The maximum absolute atomic E-state index is 12.6. The third kappa shape index (κ3) is 5.91. The van der Waals surface area contributed by atoms with E-state index in [1.54, 1.807) is 6.20 Å². The highest BCUT2D eigenvalue weighted by atomic mass is 32.2. The summed E-state index contributed by atoms with van der Waals surface area (Å²) in [6, 6.07) is 1.86. The number of amides is 1. The molecule has 2 aliphatic heterocycles. The van der Waals surface area contributed by atoms with E-state index in [0.717, 1.165) is 51.5 Å². The van der Waals surface area contributed by atoms with E-state index >= 15 is 0 Å². The van der Waals surface area contributed by atoms with Gasteiger partial charge in [0.15, 0.2) is 5.16 Å². The lowest BCUT2D eigenvalue weighted by Gasteiger charge is -2.31. The first-order valence-corrected chi connectivity index (χ1v) is 9.81. The summed E-state index contributed by atoms with van der Waals surface area (Å²) in [5, 5.41) is 0.657. The van der Waals surface area contributed by atoms with Gasteiger partial charge < -0.3 is 14.4 Å². The van der Waals surface area contributed by atoms with Gasteiger partial charge in [0.25, 0.3) is 0 Å². The fourth-order valence-corrected chi connectivity index (χ4v) is 3.80. The van der Waals surface area contributed by atoms with Gasteiger partial charge in [-0.05, 0) is 19.4 Å². The van der Waals surface area contributed by atoms with E-state index in [-0.39, 0.29) is 12.0 Å². The third-order valence-corrected chi connectivity index (χ3v) is 5.21. The van der Waals surface area contributed by atoms with Gasteiger partial charge in [-0.2, -0.15) is 0 Å². The Labute approximate surface area is 153 Å². The van der Waals surface area contributed by atoms with Gasteiger partial charge in [-0.15, -0.1) is 0 Å². The zero-order valence-corrected chi connectivity index (χ0v) is 15.5. The number of aryl methyl sites for hydroxylation is 1. The molecule has 7 nitrogen and oxygen atoms in total. The van der Waals surface area contributed by atoms with Gasteiger partial charge in [-0.1, -0.05) is 11.8 Å². The molecule has 3 rings (SSSR count). The van der Waals surface area contributed by atoms with Crippen LogP contribution in [0.2, 0.25) is 0 Å². The normalized spacial score (nSPS) is 22.6. The van der Waals surface area contributed by atoms with Crippen molar-refractivity contribution in [2.75, 3.05) is 58.3 Å². The molecule has 2 fully saturated rings. The first-order chi connectivity index (χ1) is 12.2. The van der Waals surface area contributed by atoms with Crippen molar-refractivity contribution in [2.45, 2.75) is 24.6 Å². The Balaban J connectivity index is 1.50. The van der Waals surface area contributed by atoms with Gasteiger partial charge in [-0.3, -0.25) is 9.69 Å². The molecule has 138 valence electrons. The van der Waals surface area contributed by atoms with Crippen LogP contribution in [0.1, 0.15) is 12.1 Å². The number of carbonyl (C=O) groups is 1. The Morgan fingerprint density at radius 3 is 2.96 bits per heavy atom. The van der Waals surface area contributed by atoms with Crippen LogP contribution in [0.4, 0.5) is 0 Å². The van der Waals surface area contributed by atoms with Crippen LogP contribution in [0.25, 0.3) is 0 Å². The molecule has 0 saturated carbocycles. The highest BCUT2D eigenvalue weighted by Crippen LogP contribution is 2.15. The minimum absolute atomic E-state index is 0.0739. The van der Waals surface area contributed by atoms with Crippen molar-refractivity contribution < 1.29 is 14.3 Å². The van der Waals surface area contributed by atoms with E-state index < -0.39 is 0 Å². The number of hydrogen-bond acceptors (Lipinski definition) is 7. The molecule has 0 aliphatic carbocycles. The summed E-state index contributed by atoms with van der Waals surface area (Å²) in [5.74, 6) is 0.501. The monoisotopic (exact) mass is 366 g/mol. The van der Waals surface area contributed by atoms with Gasteiger partial charge in [0.05, 0.1) is 25.1 Å². The molecule has 1 aromatic rings. The van der Waals surface area contributed by atoms with E-state index in [9.17, 15) is 4.79 Å². The van der Waals surface area contributed by atoms with E-state index in [1.807, 2.05) is 17.9 Å². The zero-order chi connectivity index (χ0) is 17.5. The standard InChI is InChI=1S/C17H26N4O3S/c1-14-3-4-18-17(19-14)25-13-16(22)21-5-2-8-24-15(12-21)11-20-6-9-23-10-7-20/h3-4,15H,2,5-13H2,1H3/t15-/m1/s1. The first kappa shape index (κ1) is 18.6. The smallest absolute Gasteiger partial charge is 0.233 e. The summed E-state index contributed by atoms with van der Waals surface area (Å²) in [4.78, 5) is 25.4. The maximum Gasteiger partial charge on any atom is 0.233 e. The molecule has 3 heterocycles. The van der Waals surface area contributed by atoms with Gasteiger partial charge in [0.2, 0.25) is 5.91 Å². The topological polar surface area (TPSA) is 67.8 Å². The summed E-state index contributed by atoms with van der Waals surface area (Å²) in [6.45, 7) is 8.36. The lowest BCUT2D eigenvalue weighted by atomic mass is 10.2. The van der Waals surface area contributed by atoms with Crippen molar-refractivity contribution in [3.8, 4) is 0 Å². The summed E-state index contributed by atoms with van der Waals surface area (Å²) in [7, 11) is 0. The van der Waals surface area contributed by atoms with Crippen molar-refractivity contribution in [2.24, 2.45) is 0 Å². The molecule has 25 heavy (non-hydrogen) atoms. The number of nitrogens with zero attached hydrogens (tertiary/aromatic N) is 4. The zero-order valence-electron chi connectivity index (χ0n) is 14.7. The Morgan fingerprint density at radius 1 is 1.32 bits per heavy atom.